The summed E-state index contributed by atoms with van der Waals surface area (Å²) in [4.78, 5) is 1.45. The topological polar surface area (TPSA) is 26.0 Å². The van der Waals surface area contributed by atoms with Gasteiger partial charge in [-0.3, -0.25) is 0 Å². The molecule has 0 saturated carbocycles. The zero-order valence-electron chi connectivity index (χ0n) is 8.58. The summed E-state index contributed by atoms with van der Waals surface area (Å²) in [6.45, 7) is 5.09. The lowest BCUT2D eigenvalue weighted by Crippen LogP contribution is -1.94. The Morgan fingerprint density at radius 3 is 2.71 bits per heavy atom. The minimum atomic E-state index is 0.619. The van der Waals surface area contributed by atoms with E-state index in [1.807, 2.05) is 11.3 Å². The van der Waals surface area contributed by atoms with Gasteiger partial charge in [0.2, 0.25) is 0 Å². The average Bonchev–Trinajstić information content (AvgIpc) is 2.59. The van der Waals surface area contributed by atoms with Crippen molar-refractivity contribution in [2.45, 2.75) is 26.3 Å². The van der Waals surface area contributed by atoms with Gasteiger partial charge < -0.3 is 5.73 Å². The van der Waals surface area contributed by atoms with Gasteiger partial charge in [0.25, 0.3) is 0 Å². The number of nitrogens with two attached hydrogens (primary N) is 1. The van der Waals surface area contributed by atoms with E-state index in [1.54, 1.807) is 0 Å². The largest absolute Gasteiger partial charge is 0.326 e. The van der Waals surface area contributed by atoms with Crippen molar-refractivity contribution < 1.29 is 0 Å². The van der Waals surface area contributed by atoms with Gasteiger partial charge in [0.1, 0.15) is 0 Å². The molecule has 0 atom stereocenters. The van der Waals surface area contributed by atoms with Crippen molar-refractivity contribution in [2.24, 2.45) is 5.73 Å². The van der Waals surface area contributed by atoms with Crippen molar-refractivity contribution in [1.82, 2.24) is 0 Å². The van der Waals surface area contributed by atoms with Crippen LogP contribution in [0, 0.1) is 0 Å². The predicted octanol–water partition coefficient (Wildman–Crippen LogP) is 3.48. The Morgan fingerprint density at radius 2 is 2.07 bits per heavy atom. The maximum absolute atomic E-state index is 5.61. The number of hydrogen-bond donors (Lipinski definition) is 1. The number of benzene rings is 1. The van der Waals surface area contributed by atoms with Crippen LogP contribution in [0.4, 0.5) is 0 Å². The van der Waals surface area contributed by atoms with E-state index < -0.39 is 0 Å². The molecule has 1 heterocycles. The maximum atomic E-state index is 5.61. The summed E-state index contributed by atoms with van der Waals surface area (Å²) >= 11 is 1.88. The van der Waals surface area contributed by atoms with E-state index in [4.69, 9.17) is 5.73 Å². The van der Waals surface area contributed by atoms with Crippen LogP contribution >= 0.6 is 11.3 Å². The second-order valence-corrected chi connectivity index (χ2v) is 5.00. The highest BCUT2D eigenvalue weighted by Gasteiger charge is 2.05. The van der Waals surface area contributed by atoms with E-state index >= 15 is 0 Å². The lowest BCUT2D eigenvalue weighted by Gasteiger charge is -1.96. The summed E-state index contributed by atoms with van der Waals surface area (Å²) in [6, 6.07) is 8.76. The third-order valence-corrected chi connectivity index (χ3v) is 3.82. The van der Waals surface area contributed by atoms with Gasteiger partial charge in [-0.15, -0.1) is 11.3 Å². The monoisotopic (exact) mass is 205 g/mol. The Bertz CT molecular complexity index is 443. The first-order valence-corrected chi connectivity index (χ1v) is 5.75. The summed E-state index contributed by atoms with van der Waals surface area (Å²) in [5, 5.41) is 1.33. The molecule has 2 heteroatoms. The standard InChI is InChI=1S/C12H15NS/c1-8(2)12-6-10-5-9(7-13)3-4-11(10)14-12/h3-6,8H,7,13H2,1-2H3. The Balaban J connectivity index is 2.54. The maximum Gasteiger partial charge on any atom is 0.0345 e. The Kier molecular flexibility index (Phi) is 2.57. The van der Waals surface area contributed by atoms with Crippen molar-refractivity contribution in [3.63, 3.8) is 0 Å². The fourth-order valence-electron chi connectivity index (χ4n) is 1.52. The number of hydrogen-bond acceptors (Lipinski definition) is 2. The van der Waals surface area contributed by atoms with Crippen molar-refractivity contribution in [1.29, 1.82) is 0 Å². The molecular weight excluding hydrogens is 190 g/mol. The lowest BCUT2D eigenvalue weighted by molar-refractivity contribution is 0.890. The molecule has 0 saturated heterocycles. The van der Waals surface area contributed by atoms with Crippen molar-refractivity contribution in [3.05, 3.63) is 34.7 Å². The molecule has 0 aliphatic rings. The molecule has 1 aromatic carbocycles. The van der Waals surface area contributed by atoms with E-state index in [0.717, 1.165) is 0 Å². The molecule has 2 N–H and O–H groups in total. The summed E-state index contributed by atoms with van der Waals surface area (Å²) in [5.74, 6) is 0.619. The lowest BCUT2D eigenvalue weighted by atomic mass is 10.1. The third kappa shape index (κ3) is 1.68. The van der Waals surface area contributed by atoms with Crippen LogP contribution in [0.2, 0.25) is 0 Å². The first kappa shape index (κ1) is 9.69. The molecule has 74 valence electrons. The smallest absolute Gasteiger partial charge is 0.0345 e. The van der Waals surface area contributed by atoms with Crippen LogP contribution in [0.15, 0.2) is 24.3 Å². The minimum Gasteiger partial charge on any atom is -0.326 e. The van der Waals surface area contributed by atoms with Gasteiger partial charge in [-0.05, 0) is 35.1 Å². The fourth-order valence-corrected chi connectivity index (χ4v) is 2.57. The first-order valence-electron chi connectivity index (χ1n) is 4.93. The average molecular weight is 205 g/mol. The molecule has 0 unspecified atom stereocenters. The highest BCUT2D eigenvalue weighted by molar-refractivity contribution is 7.19. The Morgan fingerprint density at radius 1 is 1.29 bits per heavy atom. The quantitative estimate of drug-likeness (QED) is 0.798. The van der Waals surface area contributed by atoms with Crippen LogP contribution in [0.5, 0.6) is 0 Å². The van der Waals surface area contributed by atoms with Crippen LogP contribution in [0.1, 0.15) is 30.2 Å². The molecule has 0 aliphatic carbocycles. The number of fused-ring (bicyclic) bond motifs is 1. The summed E-state index contributed by atoms with van der Waals surface area (Å²) in [6.07, 6.45) is 0. The molecule has 0 spiro atoms. The first-order chi connectivity index (χ1) is 6.70. The zero-order valence-corrected chi connectivity index (χ0v) is 9.40. The number of rotatable bonds is 2. The summed E-state index contributed by atoms with van der Waals surface area (Å²) < 4.78 is 1.37. The SMILES string of the molecule is CC(C)c1cc2cc(CN)ccc2s1. The van der Waals surface area contributed by atoms with Crippen molar-refractivity contribution in [2.75, 3.05) is 0 Å². The second kappa shape index (κ2) is 3.71. The normalized spacial score (nSPS) is 11.4. The molecular formula is C12H15NS. The third-order valence-electron chi connectivity index (χ3n) is 2.40. The molecule has 0 radical (unpaired) electrons. The van der Waals surface area contributed by atoms with Crippen LogP contribution in [0.25, 0.3) is 10.1 Å². The van der Waals surface area contributed by atoms with Gasteiger partial charge in [0.05, 0.1) is 0 Å². The number of thiophene rings is 1. The van der Waals surface area contributed by atoms with Crippen LogP contribution in [-0.2, 0) is 6.54 Å². The summed E-state index contributed by atoms with van der Waals surface area (Å²) in [7, 11) is 0. The van der Waals surface area contributed by atoms with E-state index in [9.17, 15) is 0 Å². The van der Waals surface area contributed by atoms with E-state index in [-0.39, 0.29) is 0 Å². The summed E-state index contributed by atoms with van der Waals surface area (Å²) in [5.41, 5.74) is 6.82. The molecule has 14 heavy (non-hydrogen) atoms. The van der Waals surface area contributed by atoms with Crippen molar-refractivity contribution in [3.8, 4) is 0 Å². The van der Waals surface area contributed by atoms with Crippen molar-refractivity contribution >= 4 is 21.4 Å². The molecule has 0 fully saturated rings. The molecule has 2 rings (SSSR count). The fraction of sp³-hybridized carbons (Fsp3) is 0.333. The zero-order chi connectivity index (χ0) is 10.1. The Hall–Kier alpha value is -0.860. The Labute approximate surface area is 88.6 Å². The van der Waals surface area contributed by atoms with Crippen LogP contribution in [0.3, 0.4) is 0 Å². The highest BCUT2D eigenvalue weighted by atomic mass is 32.1. The molecule has 1 aromatic heterocycles. The van der Waals surface area contributed by atoms with Gasteiger partial charge in [0, 0.05) is 16.1 Å². The van der Waals surface area contributed by atoms with Crippen LogP contribution in [-0.4, -0.2) is 0 Å². The molecule has 0 amide bonds. The molecule has 0 bridgehead atoms. The molecule has 1 nitrogen and oxygen atoms in total. The van der Waals surface area contributed by atoms with E-state index in [0.29, 0.717) is 12.5 Å². The van der Waals surface area contributed by atoms with Gasteiger partial charge >= 0.3 is 0 Å². The highest BCUT2D eigenvalue weighted by Crippen LogP contribution is 2.31. The van der Waals surface area contributed by atoms with Gasteiger partial charge in [-0.1, -0.05) is 19.9 Å². The van der Waals surface area contributed by atoms with Gasteiger partial charge in [-0.25, -0.2) is 0 Å². The van der Waals surface area contributed by atoms with Gasteiger partial charge in [0.15, 0.2) is 0 Å². The minimum absolute atomic E-state index is 0.619. The second-order valence-electron chi connectivity index (χ2n) is 3.88. The molecule has 2 aromatic rings. The predicted molar refractivity (Wildman–Crippen MR) is 63.8 cm³/mol. The van der Waals surface area contributed by atoms with Gasteiger partial charge in [-0.2, -0.15) is 0 Å². The van der Waals surface area contributed by atoms with E-state index in [1.165, 1.54) is 20.5 Å². The van der Waals surface area contributed by atoms with E-state index in [2.05, 4.69) is 38.1 Å². The van der Waals surface area contributed by atoms with Crippen LogP contribution < -0.4 is 5.73 Å². The molecule has 0 aliphatic heterocycles.